The summed E-state index contributed by atoms with van der Waals surface area (Å²) in [5.74, 6) is -3.53. The molecule has 3 saturated carbocycles. The first-order valence-electron chi connectivity index (χ1n) is 11.3. The number of ketones is 2. The van der Waals surface area contributed by atoms with Crippen molar-refractivity contribution >= 4 is 11.6 Å². The van der Waals surface area contributed by atoms with Gasteiger partial charge in [-0.1, -0.05) is 13.0 Å². The molecule has 0 aromatic rings. The lowest BCUT2D eigenvalue weighted by atomic mass is 9.44. The van der Waals surface area contributed by atoms with Crippen LogP contribution >= 0.6 is 0 Å². The molecule has 0 aromatic carbocycles. The van der Waals surface area contributed by atoms with Crippen molar-refractivity contribution in [3.8, 4) is 0 Å². The van der Waals surface area contributed by atoms with E-state index < -0.39 is 76.3 Å². The van der Waals surface area contributed by atoms with Gasteiger partial charge >= 0.3 is 0 Å². The van der Waals surface area contributed by atoms with Crippen LogP contribution in [0.25, 0.3) is 0 Å². The lowest BCUT2D eigenvalue weighted by Gasteiger charge is -2.63. The van der Waals surface area contributed by atoms with E-state index >= 15 is 8.78 Å². The monoisotopic (exact) mass is 452 g/mol. The summed E-state index contributed by atoms with van der Waals surface area (Å²) in [6, 6.07) is 0. The van der Waals surface area contributed by atoms with Gasteiger partial charge in [-0.2, -0.15) is 0 Å². The Balaban J connectivity index is 1.66. The lowest BCUT2D eigenvalue weighted by molar-refractivity contribution is -0.248. The van der Waals surface area contributed by atoms with Gasteiger partial charge in [0.15, 0.2) is 28.6 Å². The van der Waals surface area contributed by atoms with Crippen molar-refractivity contribution in [3.63, 3.8) is 0 Å². The van der Waals surface area contributed by atoms with Gasteiger partial charge in [-0.15, -0.1) is 0 Å². The van der Waals surface area contributed by atoms with E-state index in [-0.39, 0.29) is 24.8 Å². The van der Waals surface area contributed by atoms with Crippen LogP contribution in [0.1, 0.15) is 47.0 Å². The number of hydrogen-bond donors (Lipinski definition) is 2. The molecule has 32 heavy (non-hydrogen) atoms. The van der Waals surface area contributed by atoms with Crippen molar-refractivity contribution in [2.75, 3.05) is 6.61 Å². The normalized spacial score (nSPS) is 53.2. The number of halogens is 2. The minimum absolute atomic E-state index is 0.0550. The summed E-state index contributed by atoms with van der Waals surface area (Å²) >= 11 is 0. The fourth-order valence-corrected chi connectivity index (χ4v) is 7.92. The fourth-order valence-electron chi connectivity index (χ4n) is 7.92. The second-order valence-electron chi connectivity index (χ2n) is 11.0. The van der Waals surface area contributed by atoms with E-state index in [0.717, 1.165) is 6.08 Å². The number of aliphatic hydroxyl groups is 2. The summed E-state index contributed by atoms with van der Waals surface area (Å²) in [5.41, 5.74) is -6.30. The largest absolute Gasteiger partial charge is 0.390 e. The first kappa shape index (κ1) is 22.3. The molecule has 4 fully saturated rings. The van der Waals surface area contributed by atoms with Gasteiger partial charge in [-0.3, -0.25) is 9.59 Å². The number of Topliss-reactive ketones (excluding diaryl/α,β-unsaturated/α-hetero) is 1. The van der Waals surface area contributed by atoms with Crippen molar-refractivity contribution < 1.29 is 38.1 Å². The first-order valence-corrected chi connectivity index (χ1v) is 11.3. The number of fused-ring (bicyclic) bond motifs is 7. The van der Waals surface area contributed by atoms with Gasteiger partial charge in [-0.25, -0.2) is 8.78 Å². The number of alkyl halides is 2. The highest BCUT2D eigenvalue weighted by Gasteiger charge is 2.80. The maximum atomic E-state index is 17.1. The quantitative estimate of drug-likeness (QED) is 0.668. The van der Waals surface area contributed by atoms with Crippen molar-refractivity contribution in [1.82, 2.24) is 0 Å². The zero-order chi connectivity index (χ0) is 23.5. The molecule has 0 bridgehead atoms. The molecule has 6 nitrogen and oxygen atoms in total. The summed E-state index contributed by atoms with van der Waals surface area (Å²) < 4.78 is 44.8. The van der Waals surface area contributed by atoms with E-state index in [1.54, 1.807) is 20.8 Å². The summed E-state index contributed by atoms with van der Waals surface area (Å²) in [6.07, 6.45) is -0.151. The molecule has 0 unspecified atom stereocenters. The third-order valence-electron chi connectivity index (χ3n) is 9.18. The summed E-state index contributed by atoms with van der Waals surface area (Å²) in [4.78, 5) is 25.1. The molecule has 0 aromatic heterocycles. The highest BCUT2D eigenvalue weighted by atomic mass is 19.1. The van der Waals surface area contributed by atoms with Gasteiger partial charge in [0.25, 0.3) is 0 Å². The maximum Gasteiger partial charge on any atom is 0.193 e. The molecule has 4 aliphatic carbocycles. The van der Waals surface area contributed by atoms with Crippen LogP contribution in [0.4, 0.5) is 8.78 Å². The molecule has 0 amide bonds. The average Bonchev–Trinajstić information content (AvgIpc) is 3.11. The zero-order valence-corrected chi connectivity index (χ0v) is 18.7. The fraction of sp³-hybridized carbons (Fsp3) is 0.750. The number of hydrogen-bond acceptors (Lipinski definition) is 6. The highest BCUT2D eigenvalue weighted by Crippen LogP contribution is 2.72. The van der Waals surface area contributed by atoms with Gasteiger partial charge in [0.1, 0.15) is 12.8 Å². The Bertz CT molecular complexity index is 960. The molecule has 0 spiro atoms. The molecule has 2 N–H and O–H groups in total. The first-order chi connectivity index (χ1) is 14.8. The molecule has 5 aliphatic rings. The third kappa shape index (κ3) is 2.32. The van der Waals surface area contributed by atoms with Crippen LogP contribution in [0.5, 0.6) is 0 Å². The Labute approximate surface area is 185 Å². The second-order valence-corrected chi connectivity index (χ2v) is 11.0. The van der Waals surface area contributed by atoms with Crippen LogP contribution in [0, 0.1) is 22.7 Å². The van der Waals surface area contributed by atoms with E-state index in [1.807, 2.05) is 0 Å². The Kier molecular flexibility index (Phi) is 4.42. The Morgan fingerprint density at radius 2 is 1.91 bits per heavy atom. The van der Waals surface area contributed by atoms with Gasteiger partial charge in [0.2, 0.25) is 0 Å². The predicted octanol–water partition coefficient (Wildman–Crippen LogP) is 2.37. The highest BCUT2D eigenvalue weighted by molar-refractivity contribution is 6.01. The van der Waals surface area contributed by atoms with E-state index in [1.165, 1.54) is 19.1 Å². The smallest absolute Gasteiger partial charge is 0.193 e. The minimum atomic E-state index is -2.24. The number of rotatable bonds is 2. The van der Waals surface area contributed by atoms with Crippen molar-refractivity contribution in [2.24, 2.45) is 22.7 Å². The number of allylic oxidation sites excluding steroid dienone is 4. The van der Waals surface area contributed by atoms with Crippen LogP contribution in [-0.2, 0) is 19.1 Å². The van der Waals surface area contributed by atoms with E-state index in [2.05, 4.69) is 0 Å². The average molecular weight is 452 g/mol. The van der Waals surface area contributed by atoms with E-state index in [0.29, 0.717) is 0 Å². The molecule has 176 valence electrons. The maximum absolute atomic E-state index is 17.1. The van der Waals surface area contributed by atoms with Gasteiger partial charge < -0.3 is 19.7 Å². The summed E-state index contributed by atoms with van der Waals surface area (Å²) in [6.45, 7) is 5.87. The van der Waals surface area contributed by atoms with Crippen LogP contribution in [-0.4, -0.2) is 63.8 Å². The zero-order valence-electron chi connectivity index (χ0n) is 18.7. The van der Waals surface area contributed by atoms with Crippen LogP contribution in [0.15, 0.2) is 23.8 Å². The number of carbonyl (C=O) groups is 2. The standard InChI is InChI=1S/C24H30F2O6/c1-20(2)31-19-9-13-14-8-16(25)15-7-12(28)5-6-21(15,3)23(14,26)17(29)10-22(13,4)24(19,32-20)18(30)11-27/h5-7,13-14,16-17,19,27,29H,8-11H2,1-4H3/t13-,14-,16+,17+,19+,21-,22-,23-,24+/m0/s1. The SMILES string of the molecule is CC1(C)O[C@@H]2C[C@H]3[C@@H]4C[C@@H](F)C5=CC(=O)C=C[C@]5(C)[C@@]4(F)[C@H](O)C[C@]3(C)[C@]2(C(=O)CO)O1. The molecule has 1 saturated heterocycles. The molecule has 5 rings (SSSR count). The summed E-state index contributed by atoms with van der Waals surface area (Å²) in [7, 11) is 0. The number of carbonyl (C=O) groups excluding carboxylic acids is 2. The molecule has 8 heteroatoms. The molecular formula is C24H30F2O6. The Morgan fingerprint density at radius 3 is 2.56 bits per heavy atom. The molecule has 1 heterocycles. The van der Waals surface area contributed by atoms with E-state index in [9.17, 15) is 19.8 Å². The van der Waals surface area contributed by atoms with Crippen molar-refractivity contribution in [1.29, 1.82) is 0 Å². The topological polar surface area (TPSA) is 93.1 Å². The molecule has 9 atom stereocenters. The lowest BCUT2D eigenvalue weighted by Crippen LogP contribution is -2.71. The summed E-state index contributed by atoms with van der Waals surface area (Å²) in [5, 5.41) is 21.1. The Morgan fingerprint density at radius 1 is 1.22 bits per heavy atom. The third-order valence-corrected chi connectivity index (χ3v) is 9.18. The number of aliphatic hydroxyl groups excluding tert-OH is 2. The van der Waals surface area contributed by atoms with E-state index in [4.69, 9.17) is 9.47 Å². The van der Waals surface area contributed by atoms with Crippen LogP contribution in [0.2, 0.25) is 0 Å². The van der Waals surface area contributed by atoms with Crippen LogP contribution in [0.3, 0.4) is 0 Å². The second kappa shape index (κ2) is 6.34. The predicted molar refractivity (Wildman–Crippen MR) is 109 cm³/mol. The molecule has 1 aliphatic heterocycles. The number of ether oxygens (including phenoxy) is 2. The Hall–Kier alpha value is -1.48. The van der Waals surface area contributed by atoms with Crippen molar-refractivity contribution in [3.05, 3.63) is 23.8 Å². The van der Waals surface area contributed by atoms with Crippen LogP contribution < -0.4 is 0 Å². The molecule has 0 radical (unpaired) electrons. The van der Waals surface area contributed by atoms with Crippen molar-refractivity contribution in [2.45, 2.75) is 82.4 Å². The minimum Gasteiger partial charge on any atom is -0.390 e. The van der Waals surface area contributed by atoms with Gasteiger partial charge in [-0.05, 0) is 63.7 Å². The molecular weight excluding hydrogens is 422 g/mol. The van der Waals surface area contributed by atoms with Gasteiger partial charge in [0.05, 0.1) is 12.2 Å². The van der Waals surface area contributed by atoms with Gasteiger partial charge in [0, 0.05) is 16.7 Å².